The lowest BCUT2D eigenvalue weighted by atomic mass is 9.63. The van der Waals surface area contributed by atoms with E-state index in [1.54, 1.807) is 0 Å². The standard InChI is InChI=1S/C37H38/c1-25-14-26(2)18-34(17-25)37(35-19-27(3)15-28(4)20-35,36-21-29(5)16-30(6)22-36)33-13-12-32(24-33)23-31-10-8-7-9-11-31/h7-12,14-22,24H,13,23H2,1-6H3. The van der Waals surface area contributed by atoms with Crippen LogP contribution in [-0.4, -0.2) is 0 Å². The van der Waals surface area contributed by atoms with Crippen LogP contribution in [0.4, 0.5) is 0 Å². The summed E-state index contributed by atoms with van der Waals surface area (Å²) in [7, 11) is 0. The van der Waals surface area contributed by atoms with Crippen molar-refractivity contribution in [1.29, 1.82) is 0 Å². The van der Waals surface area contributed by atoms with Gasteiger partial charge in [-0.05, 0) is 87.8 Å². The average molecular weight is 483 g/mol. The molecular weight excluding hydrogens is 444 g/mol. The van der Waals surface area contributed by atoms with Crippen molar-refractivity contribution in [3.05, 3.63) is 164 Å². The van der Waals surface area contributed by atoms with Gasteiger partial charge < -0.3 is 0 Å². The Kier molecular flexibility index (Phi) is 6.78. The average Bonchev–Trinajstić information content (AvgIpc) is 3.27. The Hall–Kier alpha value is -3.64. The van der Waals surface area contributed by atoms with Crippen LogP contribution in [0.5, 0.6) is 0 Å². The molecule has 4 aromatic rings. The molecule has 0 bridgehead atoms. The summed E-state index contributed by atoms with van der Waals surface area (Å²) >= 11 is 0. The molecule has 0 saturated carbocycles. The lowest BCUT2D eigenvalue weighted by Crippen LogP contribution is -2.32. The van der Waals surface area contributed by atoms with Crippen molar-refractivity contribution >= 4 is 0 Å². The van der Waals surface area contributed by atoms with E-state index in [-0.39, 0.29) is 5.41 Å². The summed E-state index contributed by atoms with van der Waals surface area (Å²) in [6.45, 7) is 13.4. The first-order chi connectivity index (χ1) is 17.7. The third-order valence-corrected chi connectivity index (χ3v) is 7.64. The third-order valence-electron chi connectivity index (χ3n) is 7.64. The van der Waals surface area contributed by atoms with Crippen LogP contribution >= 0.6 is 0 Å². The van der Waals surface area contributed by atoms with Crippen LogP contribution in [0.15, 0.2) is 108 Å². The Bertz CT molecular complexity index is 1330. The van der Waals surface area contributed by atoms with E-state index in [4.69, 9.17) is 0 Å². The van der Waals surface area contributed by atoms with Gasteiger partial charge >= 0.3 is 0 Å². The second-order valence-electron chi connectivity index (χ2n) is 11.2. The van der Waals surface area contributed by atoms with E-state index < -0.39 is 0 Å². The van der Waals surface area contributed by atoms with Gasteiger partial charge in [-0.25, -0.2) is 0 Å². The van der Waals surface area contributed by atoms with E-state index in [1.807, 2.05) is 0 Å². The number of aryl methyl sites for hydroxylation is 6. The summed E-state index contributed by atoms with van der Waals surface area (Å²) in [4.78, 5) is 0. The molecule has 5 rings (SSSR count). The molecule has 0 heteroatoms. The predicted molar refractivity (Wildman–Crippen MR) is 159 cm³/mol. The van der Waals surface area contributed by atoms with Crippen molar-refractivity contribution in [3.8, 4) is 0 Å². The number of benzene rings is 4. The Balaban J connectivity index is 1.82. The second-order valence-corrected chi connectivity index (χ2v) is 11.2. The van der Waals surface area contributed by atoms with Crippen LogP contribution in [0.3, 0.4) is 0 Å². The molecule has 0 spiro atoms. The van der Waals surface area contributed by atoms with Crippen LogP contribution in [0.2, 0.25) is 0 Å². The minimum Gasteiger partial charge on any atom is -0.0768 e. The van der Waals surface area contributed by atoms with Crippen molar-refractivity contribution in [2.24, 2.45) is 0 Å². The Labute approximate surface area is 223 Å². The summed E-state index contributed by atoms with van der Waals surface area (Å²) in [6.07, 6.45) is 6.87. The second kappa shape index (κ2) is 10.0. The first kappa shape index (κ1) is 25.0. The van der Waals surface area contributed by atoms with Gasteiger partial charge in [0.2, 0.25) is 0 Å². The topological polar surface area (TPSA) is 0 Å². The number of hydrogen-bond acceptors (Lipinski definition) is 0. The molecule has 0 atom stereocenters. The number of rotatable bonds is 6. The van der Waals surface area contributed by atoms with E-state index in [2.05, 4.69) is 139 Å². The van der Waals surface area contributed by atoms with Crippen molar-refractivity contribution in [1.82, 2.24) is 0 Å². The molecule has 0 aliphatic heterocycles. The van der Waals surface area contributed by atoms with Crippen molar-refractivity contribution in [2.45, 2.75) is 59.8 Å². The summed E-state index contributed by atoms with van der Waals surface area (Å²) < 4.78 is 0. The molecule has 0 heterocycles. The number of allylic oxidation sites excluding steroid dienone is 4. The highest BCUT2D eigenvalue weighted by atomic mass is 14.4. The minimum atomic E-state index is -0.362. The molecule has 1 aliphatic rings. The van der Waals surface area contributed by atoms with E-state index >= 15 is 0 Å². The monoisotopic (exact) mass is 482 g/mol. The SMILES string of the molecule is Cc1cc(C)cc(C(C2=CC(Cc3ccccc3)=CC2)(c2cc(C)cc(C)c2)c2cc(C)cc(C)c2)c1. The summed E-state index contributed by atoms with van der Waals surface area (Å²) in [6, 6.07) is 32.2. The molecule has 37 heavy (non-hydrogen) atoms. The maximum atomic E-state index is 2.50. The quantitative estimate of drug-likeness (QED) is 0.240. The fourth-order valence-electron chi connectivity index (χ4n) is 6.43. The van der Waals surface area contributed by atoms with Crippen LogP contribution in [-0.2, 0) is 11.8 Å². The van der Waals surface area contributed by atoms with E-state index in [9.17, 15) is 0 Å². The molecular formula is C37H38. The zero-order chi connectivity index (χ0) is 26.2. The Morgan fingerprint density at radius 1 is 0.541 bits per heavy atom. The highest BCUT2D eigenvalue weighted by molar-refractivity contribution is 5.64. The first-order valence-electron chi connectivity index (χ1n) is 13.4. The molecule has 4 aromatic carbocycles. The van der Waals surface area contributed by atoms with E-state index in [0.717, 1.165) is 12.8 Å². The highest BCUT2D eigenvalue weighted by Gasteiger charge is 2.41. The van der Waals surface area contributed by atoms with Gasteiger partial charge in [0.05, 0.1) is 5.41 Å². The Morgan fingerprint density at radius 2 is 0.946 bits per heavy atom. The summed E-state index contributed by atoms with van der Waals surface area (Å²) in [5, 5.41) is 0. The van der Waals surface area contributed by atoms with E-state index in [1.165, 1.54) is 66.8 Å². The molecule has 1 aliphatic carbocycles. The van der Waals surface area contributed by atoms with Gasteiger partial charge in [0, 0.05) is 0 Å². The van der Waals surface area contributed by atoms with Gasteiger partial charge in [0.15, 0.2) is 0 Å². The minimum absolute atomic E-state index is 0.362. The molecule has 0 N–H and O–H groups in total. The molecule has 0 saturated heterocycles. The molecule has 0 nitrogen and oxygen atoms in total. The van der Waals surface area contributed by atoms with Crippen molar-refractivity contribution in [2.75, 3.05) is 0 Å². The normalized spacial score (nSPS) is 13.5. The van der Waals surface area contributed by atoms with Crippen molar-refractivity contribution < 1.29 is 0 Å². The van der Waals surface area contributed by atoms with Gasteiger partial charge in [0.25, 0.3) is 0 Å². The fourth-order valence-corrected chi connectivity index (χ4v) is 6.43. The number of hydrogen-bond donors (Lipinski definition) is 0. The molecule has 186 valence electrons. The van der Waals surface area contributed by atoms with Crippen LogP contribution in [0.1, 0.15) is 62.1 Å². The smallest absolute Gasteiger partial charge is 0.0668 e. The Morgan fingerprint density at radius 3 is 1.35 bits per heavy atom. The van der Waals surface area contributed by atoms with Crippen molar-refractivity contribution in [3.63, 3.8) is 0 Å². The van der Waals surface area contributed by atoms with Gasteiger partial charge in [-0.2, -0.15) is 0 Å². The third kappa shape index (κ3) is 4.98. The van der Waals surface area contributed by atoms with Gasteiger partial charge in [0.1, 0.15) is 0 Å². The van der Waals surface area contributed by atoms with E-state index in [0.29, 0.717) is 0 Å². The fraction of sp³-hybridized carbons (Fsp3) is 0.243. The molecule has 0 fully saturated rings. The van der Waals surface area contributed by atoms with Crippen LogP contribution in [0.25, 0.3) is 0 Å². The molecule has 0 unspecified atom stereocenters. The largest absolute Gasteiger partial charge is 0.0768 e. The van der Waals surface area contributed by atoms with Gasteiger partial charge in [-0.3, -0.25) is 0 Å². The maximum absolute atomic E-state index is 2.50. The maximum Gasteiger partial charge on any atom is 0.0668 e. The van der Waals surface area contributed by atoms with Gasteiger partial charge in [-0.15, -0.1) is 0 Å². The predicted octanol–water partition coefficient (Wildman–Crippen LogP) is 9.37. The molecule has 0 aromatic heterocycles. The molecule has 0 amide bonds. The lowest BCUT2D eigenvalue weighted by molar-refractivity contribution is 0.706. The highest BCUT2D eigenvalue weighted by Crippen LogP contribution is 2.50. The summed E-state index contributed by atoms with van der Waals surface area (Å²) in [5.74, 6) is 0. The summed E-state index contributed by atoms with van der Waals surface area (Å²) in [5.41, 5.74) is 15.8. The zero-order valence-corrected chi connectivity index (χ0v) is 23.2. The lowest BCUT2D eigenvalue weighted by Gasteiger charge is -2.39. The zero-order valence-electron chi connectivity index (χ0n) is 23.2. The first-order valence-corrected chi connectivity index (χ1v) is 13.4. The van der Waals surface area contributed by atoms with Crippen LogP contribution < -0.4 is 0 Å². The van der Waals surface area contributed by atoms with Crippen LogP contribution in [0, 0.1) is 41.5 Å². The van der Waals surface area contributed by atoms with Gasteiger partial charge in [-0.1, -0.05) is 130 Å². The molecule has 0 radical (unpaired) electrons.